The molecule has 0 aliphatic carbocycles. The summed E-state index contributed by atoms with van der Waals surface area (Å²) in [7, 11) is 0. The lowest BCUT2D eigenvalue weighted by Gasteiger charge is -2.28. The SMILES string of the molecule is CSc1cc(N2CCOCC2)cc([N+](=O)[O-])c1. The predicted molar refractivity (Wildman–Crippen MR) is 67.9 cm³/mol. The van der Waals surface area contributed by atoms with E-state index in [0.717, 1.165) is 23.7 Å². The standard InChI is InChI=1S/C11H14N2O3S/c1-17-11-7-9(6-10(8-11)13(14)15)12-2-4-16-5-3-12/h6-8H,2-5H2,1H3. The van der Waals surface area contributed by atoms with Gasteiger partial charge in [-0.3, -0.25) is 10.1 Å². The molecular formula is C11H14N2O3S. The van der Waals surface area contributed by atoms with E-state index in [1.807, 2.05) is 12.3 Å². The van der Waals surface area contributed by atoms with Gasteiger partial charge in [0.05, 0.1) is 18.1 Å². The molecule has 92 valence electrons. The Bertz CT molecular complexity index is 419. The largest absolute Gasteiger partial charge is 0.378 e. The van der Waals surface area contributed by atoms with Crippen LogP contribution in [0.25, 0.3) is 0 Å². The molecule has 2 rings (SSSR count). The Hall–Kier alpha value is -1.27. The molecule has 0 N–H and O–H groups in total. The molecule has 0 bridgehead atoms. The highest BCUT2D eigenvalue weighted by Crippen LogP contribution is 2.29. The summed E-state index contributed by atoms with van der Waals surface area (Å²) in [4.78, 5) is 13.6. The van der Waals surface area contributed by atoms with Crippen LogP contribution in [0.15, 0.2) is 23.1 Å². The smallest absolute Gasteiger partial charge is 0.272 e. The summed E-state index contributed by atoms with van der Waals surface area (Å²) in [5.74, 6) is 0. The van der Waals surface area contributed by atoms with Crippen LogP contribution in [-0.2, 0) is 4.74 Å². The third-order valence-electron chi connectivity index (χ3n) is 2.70. The average Bonchev–Trinajstić information content (AvgIpc) is 2.39. The third-order valence-corrected chi connectivity index (χ3v) is 3.41. The lowest BCUT2D eigenvalue weighted by molar-refractivity contribution is -0.385. The number of morpholine rings is 1. The van der Waals surface area contributed by atoms with Gasteiger partial charge in [-0.05, 0) is 12.3 Å². The summed E-state index contributed by atoms with van der Waals surface area (Å²) in [5, 5.41) is 10.9. The van der Waals surface area contributed by atoms with Crippen LogP contribution < -0.4 is 4.90 Å². The molecule has 0 atom stereocenters. The van der Waals surface area contributed by atoms with Crippen molar-refractivity contribution in [1.29, 1.82) is 0 Å². The first-order valence-electron chi connectivity index (χ1n) is 5.37. The van der Waals surface area contributed by atoms with Crippen LogP contribution in [0.3, 0.4) is 0 Å². The number of hydrogen-bond acceptors (Lipinski definition) is 5. The molecule has 0 saturated carbocycles. The highest BCUT2D eigenvalue weighted by molar-refractivity contribution is 7.98. The lowest BCUT2D eigenvalue weighted by Crippen LogP contribution is -2.36. The highest BCUT2D eigenvalue weighted by Gasteiger charge is 2.16. The first-order chi connectivity index (χ1) is 8.20. The predicted octanol–water partition coefficient (Wildman–Crippen LogP) is 2.15. The van der Waals surface area contributed by atoms with Gasteiger partial charge in [-0.1, -0.05) is 0 Å². The normalized spacial score (nSPS) is 15.9. The van der Waals surface area contributed by atoms with Crippen LogP contribution in [0.5, 0.6) is 0 Å². The quantitative estimate of drug-likeness (QED) is 0.470. The molecule has 1 fully saturated rings. The van der Waals surface area contributed by atoms with Crippen molar-refractivity contribution in [1.82, 2.24) is 0 Å². The molecule has 0 aromatic heterocycles. The number of hydrogen-bond donors (Lipinski definition) is 0. The first kappa shape index (κ1) is 12.2. The second-order valence-corrected chi connectivity index (χ2v) is 4.63. The Kier molecular flexibility index (Phi) is 3.86. The van der Waals surface area contributed by atoms with E-state index in [1.54, 1.807) is 12.1 Å². The van der Waals surface area contributed by atoms with Crippen molar-refractivity contribution in [3.8, 4) is 0 Å². The molecule has 1 aliphatic rings. The fourth-order valence-corrected chi connectivity index (χ4v) is 2.27. The van der Waals surface area contributed by atoms with E-state index in [0.29, 0.717) is 13.2 Å². The second kappa shape index (κ2) is 5.37. The molecule has 0 spiro atoms. The van der Waals surface area contributed by atoms with Crippen LogP contribution >= 0.6 is 11.8 Å². The minimum atomic E-state index is -0.344. The Morgan fingerprint density at radius 2 is 2.06 bits per heavy atom. The summed E-state index contributed by atoms with van der Waals surface area (Å²) in [6.07, 6.45) is 1.92. The topological polar surface area (TPSA) is 55.6 Å². The van der Waals surface area contributed by atoms with Gasteiger partial charge in [0.25, 0.3) is 5.69 Å². The fraction of sp³-hybridized carbons (Fsp3) is 0.455. The minimum Gasteiger partial charge on any atom is -0.378 e. The second-order valence-electron chi connectivity index (χ2n) is 3.75. The maximum Gasteiger partial charge on any atom is 0.272 e. The zero-order chi connectivity index (χ0) is 12.3. The van der Waals surface area contributed by atoms with Gasteiger partial charge in [0.15, 0.2) is 0 Å². The van der Waals surface area contributed by atoms with E-state index in [1.165, 1.54) is 11.8 Å². The summed E-state index contributed by atoms with van der Waals surface area (Å²) in [6, 6.07) is 5.22. The average molecular weight is 254 g/mol. The number of anilines is 1. The van der Waals surface area contributed by atoms with Crippen LogP contribution in [0.1, 0.15) is 0 Å². The maximum absolute atomic E-state index is 10.9. The zero-order valence-electron chi connectivity index (χ0n) is 9.59. The Balaban J connectivity index is 2.31. The summed E-state index contributed by atoms with van der Waals surface area (Å²) in [5.41, 5.74) is 1.06. The van der Waals surface area contributed by atoms with Gasteiger partial charge in [-0.25, -0.2) is 0 Å². The molecule has 1 saturated heterocycles. The third kappa shape index (κ3) is 2.89. The highest BCUT2D eigenvalue weighted by atomic mass is 32.2. The molecule has 1 heterocycles. The number of thioether (sulfide) groups is 1. The van der Waals surface area contributed by atoms with Gasteiger partial charge in [0, 0.05) is 35.8 Å². The van der Waals surface area contributed by atoms with Crippen molar-refractivity contribution in [2.45, 2.75) is 4.90 Å². The van der Waals surface area contributed by atoms with Crippen molar-refractivity contribution >= 4 is 23.1 Å². The van der Waals surface area contributed by atoms with E-state index in [-0.39, 0.29) is 10.6 Å². The molecular weight excluding hydrogens is 240 g/mol. The maximum atomic E-state index is 10.9. The number of nitrogens with zero attached hydrogens (tertiary/aromatic N) is 2. The molecule has 5 nitrogen and oxygen atoms in total. The molecule has 0 unspecified atom stereocenters. The molecule has 0 amide bonds. The van der Waals surface area contributed by atoms with E-state index < -0.39 is 0 Å². The number of benzene rings is 1. The number of nitro groups is 1. The summed E-state index contributed by atoms with van der Waals surface area (Å²) >= 11 is 1.52. The Morgan fingerprint density at radius 1 is 1.35 bits per heavy atom. The van der Waals surface area contributed by atoms with Gasteiger partial charge in [0.2, 0.25) is 0 Å². The minimum absolute atomic E-state index is 0.151. The number of non-ortho nitro benzene ring substituents is 1. The van der Waals surface area contributed by atoms with Crippen molar-refractivity contribution < 1.29 is 9.66 Å². The number of ether oxygens (including phenoxy) is 1. The van der Waals surface area contributed by atoms with Gasteiger partial charge >= 0.3 is 0 Å². The van der Waals surface area contributed by atoms with Crippen LogP contribution in [-0.4, -0.2) is 37.5 Å². The first-order valence-corrected chi connectivity index (χ1v) is 6.59. The van der Waals surface area contributed by atoms with Crippen molar-refractivity contribution in [3.63, 3.8) is 0 Å². The van der Waals surface area contributed by atoms with Crippen molar-refractivity contribution in [2.24, 2.45) is 0 Å². The van der Waals surface area contributed by atoms with Gasteiger partial charge < -0.3 is 9.64 Å². The van der Waals surface area contributed by atoms with Crippen LogP contribution in [0.4, 0.5) is 11.4 Å². The molecule has 1 aromatic rings. The van der Waals surface area contributed by atoms with E-state index >= 15 is 0 Å². The monoisotopic (exact) mass is 254 g/mol. The van der Waals surface area contributed by atoms with Gasteiger partial charge in [-0.2, -0.15) is 0 Å². The molecule has 0 radical (unpaired) electrons. The summed E-state index contributed by atoms with van der Waals surface area (Å²) < 4.78 is 5.27. The number of rotatable bonds is 3. The van der Waals surface area contributed by atoms with Crippen LogP contribution in [0.2, 0.25) is 0 Å². The van der Waals surface area contributed by atoms with E-state index in [4.69, 9.17) is 4.74 Å². The molecule has 17 heavy (non-hydrogen) atoms. The molecule has 1 aliphatic heterocycles. The Labute approximate surface area is 104 Å². The molecule has 1 aromatic carbocycles. The van der Waals surface area contributed by atoms with Crippen molar-refractivity contribution in [3.05, 3.63) is 28.3 Å². The Morgan fingerprint density at radius 3 is 2.65 bits per heavy atom. The van der Waals surface area contributed by atoms with E-state index in [9.17, 15) is 10.1 Å². The lowest BCUT2D eigenvalue weighted by atomic mass is 10.2. The van der Waals surface area contributed by atoms with Gasteiger partial charge in [-0.15, -0.1) is 11.8 Å². The number of nitro benzene ring substituents is 1. The molecule has 6 heteroatoms. The fourth-order valence-electron chi connectivity index (χ4n) is 1.80. The van der Waals surface area contributed by atoms with E-state index in [2.05, 4.69) is 4.90 Å². The van der Waals surface area contributed by atoms with Crippen molar-refractivity contribution in [2.75, 3.05) is 37.5 Å². The zero-order valence-corrected chi connectivity index (χ0v) is 10.4. The van der Waals surface area contributed by atoms with Gasteiger partial charge in [0.1, 0.15) is 0 Å². The van der Waals surface area contributed by atoms with Crippen LogP contribution in [0, 0.1) is 10.1 Å². The summed E-state index contributed by atoms with van der Waals surface area (Å²) in [6.45, 7) is 2.93.